The molecule has 0 aliphatic heterocycles. The van der Waals surface area contributed by atoms with E-state index < -0.39 is 5.97 Å². The van der Waals surface area contributed by atoms with Gasteiger partial charge in [-0.05, 0) is 55.3 Å². The highest BCUT2D eigenvalue weighted by Gasteiger charge is 2.11. The maximum Gasteiger partial charge on any atom is 0.343 e. The number of carbonyl (C=O) groups is 2. The monoisotopic (exact) mass is 363 g/mol. The van der Waals surface area contributed by atoms with Crippen molar-refractivity contribution in [3.05, 3.63) is 77.9 Å². The van der Waals surface area contributed by atoms with Crippen molar-refractivity contribution >= 4 is 17.6 Å². The highest BCUT2D eigenvalue weighted by atomic mass is 16.5. The highest BCUT2D eigenvalue weighted by molar-refractivity contribution is 5.95. The van der Waals surface area contributed by atoms with Gasteiger partial charge in [-0.15, -0.1) is 0 Å². The second-order valence-corrected chi connectivity index (χ2v) is 6.39. The van der Waals surface area contributed by atoms with Crippen LogP contribution in [0.5, 0.6) is 5.75 Å². The fourth-order valence-electron chi connectivity index (χ4n) is 2.75. The lowest BCUT2D eigenvalue weighted by atomic mass is 10.1. The lowest BCUT2D eigenvalue weighted by molar-refractivity contribution is -0.116. The van der Waals surface area contributed by atoms with Crippen molar-refractivity contribution in [1.82, 2.24) is 9.55 Å². The molecule has 0 atom stereocenters. The SMILES string of the molecule is Cc1cc(C)cc(OC(=O)c2cccc(NC(=O)CCn3ccnc3)c2)c1. The Hall–Kier alpha value is -3.41. The molecule has 6 nitrogen and oxygen atoms in total. The first kappa shape index (κ1) is 18.4. The Kier molecular flexibility index (Phi) is 5.66. The zero-order valence-electron chi connectivity index (χ0n) is 15.3. The smallest absolute Gasteiger partial charge is 0.343 e. The summed E-state index contributed by atoms with van der Waals surface area (Å²) in [6.45, 7) is 4.44. The number of nitrogens with one attached hydrogen (secondary N) is 1. The van der Waals surface area contributed by atoms with Gasteiger partial charge in [0.15, 0.2) is 0 Å². The molecular formula is C21H21N3O3. The minimum atomic E-state index is -0.463. The van der Waals surface area contributed by atoms with E-state index in [2.05, 4.69) is 10.3 Å². The molecule has 0 saturated carbocycles. The number of hydrogen-bond donors (Lipinski definition) is 1. The molecule has 0 unspecified atom stereocenters. The van der Waals surface area contributed by atoms with Crippen LogP contribution in [-0.2, 0) is 11.3 Å². The van der Waals surface area contributed by atoms with E-state index in [1.807, 2.05) is 36.6 Å². The summed E-state index contributed by atoms with van der Waals surface area (Å²) in [6.07, 6.45) is 5.45. The van der Waals surface area contributed by atoms with Crippen LogP contribution in [-0.4, -0.2) is 21.4 Å². The second kappa shape index (κ2) is 8.31. The maximum absolute atomic E-state index is 12.4. The summed E-state index contributed by atoms with van der Waals surface area (Å²) in [5.74, 6) is -0.0923. The number of ether oxygens (including phenoxy) is 1. The van der Waals surface area contributed by atoms with Gasteiger partial charge in [0.05, 0.1) is 11.9 Å². The molecule has 0 radical (unpaired) electrons. The van der Waals surface area contributed by atoms with Crippen molar-refractivity contribution < 1.29 is 14.3 Å². The lowest BCUT2D eigenvalue weighted by Crippen LogP contribution is -2.15. The Bertz CT molecular complexity index is 929. The van der Waals surface area contributed by atoms with Crippen LogP contribution in [0.25, 0.3) is 0 Å². The quantitative estimate of drug-likeness (QED) is 0.535. The van der Waals surface area contributed by atoms with E-state index in [4.69, 9.17) is 4.74 Å². The number of aryl methyl sites for hydroxylation is 3. The van der Waals surface area contributed by atoms with Crippen LogP contribution in [0, 0.1) is 13.8 Å². The molecule has 0 aliphatic carbocycles. The zero-order valence-corrected chi connectivity index (χ0v) is 15.3. The Morgan fingerprint density at radius 2 is 1.89 bits per heavy atom. The van der Waals surface area contributed by atoms with Crippen LogP contribution < -0.4 is 10.1 Å². The van der Waals surface area contributed by atoms with Gasteiger partial charge in [0.25, 0.3) is 0 Å². The number of anilines is 1. The molecule has 1 amide bonds. The number of esters is 1. The van der Waals surface area contributed by atoms with Crippen LogP contribution in [0.15, 0.2) is 61.2 Å². The molecular weight excluding hydrogens is 342 g/mol. The molecule has 138 valence electrons. The summed E-state index contributed by atoms with van der Waals surface area (Å²) in [5, 5.41) is 2.80. The fraction of sp³-hybridized carbons (Fsp3) is 0.190. The predicted octanol–water partition coefficient (Wildman–Crippen LogP) is 3.75. The van der Waals surface area contributed by atoms with E-state index in [1.165, 1.54) is 0 Å². The molecule has 0 bridgehead atoms. The van der Waals surface area contributed by atoms with Crippen molar-refractivity contribution in [2.75, 3.05) is 5.32 Å². The number of amides is 1. The van der Waals surface area contributed by atoms with Gasteiger partial charge in [0, 0.05) is 31.0 Å². The van der Waals surface area contributed by atoms with Crippen molar-refractivity contribution in [2.45, 2.75) is 26.8 Å². The van der Waals surface area contributed by atoms with Gasteiger partial charge in [0.2, 0.25) is 5.91 Å². The van der Waals surface area contributed by atoms with Crippen LogP contribution in [0.2, 0.25) is 0 Å². The van der Waals surface area contributed by atoms with E-state index in [9.17, 15) is 9.59 Å². The van der Waals surface area contributed by atoms with Gasteiger partial charge in [-0.2, -0.15) is 0 Å². The number of aromatic nitrogens is 2. The molecule has 2 aromatic carbocycles. The molecule has 6 heteroatoms. The van der Waals surface area contributed by atoms with Crippen molar-refractivity contribution in [2.24, 2.45) is 0 Å². The van der Waals surface area contributed by atoms with Gasteiger partial charge >= 0.3 is 5.97 Å². The Labute approximate surface area is 157 Å². The average Bonchev–Trinajstić information content (AvgIpc) is 3.13. The zero-order chi connectivity index (χ0) is 19.2. The summed E-state index contributed by atoms with van der Waals surface area (Å²) in [7, 11) is 0. The summed E-state index contributed by atoms with van der Waals surface area (Å²) < 4.78 is 7.29. The van der Waals surface area contributed by atoms with Gasteiger partial charge in [0.1, 0.15) is 5.75 Å². The third kappa shape index (κ3) is 5.28. The summed E-state index contributed by atoms with van der Waals surface area (Å²) in [6, 6.07) is 12.4. The van der Waals surface area contributed by atoms with Crippen molar-refractivity contribution in [3.8, 4) is 5.75 Å². The minimum Gasteiger partial charge on any atom is -0.423 e. The molecule has 27 heavy (non-hydrogen) atoms. The van der Waals surface area contributed by atoms with E-state index in [0.29, 0.717) is 30.0 Å². The molecule has 0 spiro atoms. The molecule has 0 fully saturated rings. The predicted molar refractivity (Wildman–Crippen MR) is 103 cm³/mol. The molecule has 0 aliphatic rings. The van der Waals surface area contributed by atoms with Crippen LogP contribution in [0.3, 0.4) is 0 Å². The van der Waals surface area contributed by atoms with Crippen molar-refractivity contribution in [3.63, 3.8) is 0 Å². The Morgan fingerprint density at radius 1 is 1.11 bits per heavy atom. The molecule has 1 N–H and O–H groups in total. The van der Waals surface area contributed by atoms with Crippen LogP contribution in [0.1, 0.15) is 27.9 Å². The first-order valence-corrected chi connectivity index (χ1v) is 8.66. The summed E-state index contributed by atoms with van der Waals surface area (Å²) in [4.78, 5) is 28.4. The number of rotatable bonds is 6. The summed E-state index contributed by atoms with van der Waals surface area (Å²) >= 11 is 0. The highest BCUT2D eigenvalue weighted by Crippen LogP contribution is 2.19. The standard InChI is InChI=1S/C21H21N3O3/c1-15-10-16(2)12-19(11-15)27-21(26)17-4-3-5-18(13-17)23-20(25)6-8-24-9-7-22-14-24/h3-5,7,9-14H,6,8H2,1-2H3,(H,23,25). The van der Waals surface area contributed by atoms with Crippen LogP contribution in [0.4, 0.5) is 5.69 Å². The maximum atomic E-state index is 12.4. The number of hydrogen-bond acceptors (Lipinski definition) is 4. The third-order valence-corrected chi connectivity index (χ3v) is 3.94. The molecule has 1 aromatic heterocycles. The first-order valence-electron chi connectivity index (χ1n) is 8.66. The second-order valence-electron chi connectivity index (χ2n) is 6.39. The van der Waals surface area contributed by atoms with Gasteiger partial charge in [-0.3, -0.25) is 4.79 Å². The van der Waals surface area contributed by atoms with Gasteiger partial charge in [-0.25, -0.2) is 9.78 Å². The Morgan fingerprint density at radius 3 is 2.59 bits per heavy atom. The van der Waals surface area contributed by atoms with Gasteiger partial charge in [-0.1, -0.05) is 12.1 Å². The topological polar surface area (TPSA) is 73.2 Å². The number of imidazole rings is 1. The molecule has 3 rings (SSSR count). The number of carbonyl (C=O) groups excluding carboxylic acids is 2. The fourth-order valence-corrected chi connectivity index (χ4v) is 2.75. The molecule has 3 aromatic rings. The molecule has 1 heterocycles. The minimum absolute atomic E-state index is 0.136. The van der Waals surface area contributed by atoms with E-state index in [1.54, 1.807) is 43.0 Å². The average molecular weight is 363 g/mol. The van der Waals surface area contributed by atoms with Gasteiger partial charge < -0.3 is 14.6 Å². The van der Waals surface area contributed by atoms with E-state index in [-0.39, 0.29) is 5.91 Å². The van der Waals surface area contributed by atoms with Crippen LogP contribution >= 0.6 is 0 Å². The number of nitrogens with zero attached hydrogens (tertiary/aromatic N) is 2. The Balaban J connectivity index is 1.62. The lowest BCUT2D eigenvalue weighted by Gasteiger charge is -2.09. The van der Waals surface area contributed by atoms with Crippen molar-refractivity contribution in [1.29, 1.82) is 0 Å². The summed E-state index contributed by atoms with van der Waals surface area (Å²) in [5.41, 5.74) is 2.98. The largest absolute Gasteiger partial charge is 0.423 e. The van der Waals surface area contributed by atoms with E-state index >= 15 is 0 Å². The van der Waals surface area contributed by atoms with E-state index in [0.717, 1.165) is 11.1 Å². The number of benzene rings is 2. The normalized spacial score (nSPS) is 10.4. The first-order chi connectivity index (χ1) is 13.0. The third-order valence-electron chi connectivity index (χ3n) is 3.94. The molecule has 0 saturated heterocycles.